The van der Waals surface area contributed by atoms with Crippen LogP contribution >= 0.6 is 0 Å². The molecule has 0 fully saturated rings. The number of hydrogen-bond donors (Lipinski definition) is 1. The summed E-state index contributed by atoms with van der Waals surface area (Å²) in [7, 11) is 1.58. The van der Waals surface area contributed by atoms with Crippen molar-refractivity contribution in [3.8, 4) is 28.3 Å². The van der Waals surface area contributed by atoms with E-state index in [1.807, 2.05) is 0 Å². The van der Waals surface area contributed by atoms with Crippen molar-refractivity contribution in [2.45, 2.75) is 13.1 Å². The number of amides is 1. The van der Waals surface area contributed by atoms with Crippen LogP contribution in [0.5, 0.6) is 5.75 Å². The zero-order valence-electron chi connectivity index (χ0n) is 17.7. The third-order valence-electron chi connectivity index (χ3n) is 4.91. The second kappa shape index (κ2) is 9.82. The van der Waals surface area contributed by atoms with Crippen LogP contribution in [0.2, 0.25) is 0 Å². The summed E-state index contributed by atoms with van der Waals surface area (Å²) in [5.41, 5.74) is 2.87. The molecule has 0 bridgehead atoms. The SMILES string of the molecule is COc1ccc(-c2cc(=O)n(CC(=O)NCc3cc(-c4ccc(F)cc4)ncn3)cn2)cc1. The lowest BCUT2D eigenvalue weighted by Crippen LogP contribution is -2.32. The summed E-state index contributed by atoms with van der Waals surface area (Å²) in [5.74, 6) is 0.0114. The summed E-state index contributed by atoms with van der Waals surface area (Å²) in [6.07, 6.45) is 2.73. The summed E-state index contributed by atoms with van der Waals surface area (Å²) >= 11 is 0. The fourth-order valence-electron chi connectivity index (χ4n) is 3.14. The second-order valence-corrected chi connectivity index (χ2v) is 7.15. The highest BCUT2D eigenvalue weighted by Gasteiger charge is 2.09. The molecule has 0 saturated carbocycles. The molecule has 0 aliphatic rings. The molecule has 4 aromatic rings. The smallest absolute Gasteiger partial charge is 0.254 e. The Labute approximate surface area is 188 Å². The summed E-state index contributed by atoms with van der Waals surface area (Å²) < 4.78 is 19.5. The highest BCUT2D eigenvalue weighted by Crippen LogP contribution is 2.19. The lowest BCUT2D eigenvalue weighted by Gasteiger charge is -2.09. The molecule has 2 aromatic heterocycles. The topological polar surface area (TPSA) is 99.0 Å². The van der Waals surface area contributed by atoms with E-state index in [4.69, 9.17) is 4.74 Å². The molecule has 8 nitrogen and oxygen atoms in total. The van der Waals surface area contributed by atoms with Gasteiger partial charge in [0.15, 0.2) is 0 Å². The number of benzene rings is 2. The summed E-state index contributed by atoms with van der Waals surface area (Å²) in [6.45, 7) is -0.0215. The van der Waals surface area contributed by atoms with Gasteiger partial charge in [-0.25, -0.2) is 19.3 Å². The number of methoxy groups -OCH3 is 1. The van der Waals surface area contributed by atoms with Crippen molar-refractivity contribution in [2.75, 3.05) is 7.11 Å². The number of hydrogen-bond acceptors (Lipinski definition) is 6. The minimum absolute atomic E-state index is 0.154. The van der Waals surface area contributed by atoms with Gasteiger partial charge in [-0.1, -0.05) is 0 Å². The van der Waals surface area contributed by atoms with E-state index in [1.54, 1.807) is 49.6 Å². The van der Waals surface area contributed by atoms with Gasteiger partial charge in [0.05, 0.1) is 37.1 Å². The van der Waals surface area contributed by atoms with Gasteiger partial charge in [-0.2, -0.15) is 0 Å². The highest BCUT2D eigenvalue weighted by atomic mass is 19.1. The largest absolute Gasteiger partial charge is 0.497 e. The first-order valence-corrected chi connectivity index (χ1v) is 10.1. The van der Waals surface area contributed by atoms with Crippen LogP contribution in [-0.4, -0.2) is 32.5 Å². The van der Waals surface area contributed by atoms with Crippen molar-refractivity contribution in [2.24, 2.45) is 0 Å². The molecule has 0 aliphatic heterocycles. The molecule has 2 aromatic carbocycles. The van der Waals surface area contributed by atoms with Crippen molar-refractivity contribution in [1.29, 1.82) is 0 Å². The fraction of sp³-hybridized carbons (Fsp3) is 0.125. The van der Waals surface area contributed by atoms with Gasteiger partial charge >= 0.3 is 0 Å². The molecule has 4 rings (SSSR count). The number of aromatic nitrogens is 4. The van der Waals surface area contributed by atoms with Gasteiger partial charge in [0.1, 0.15) is 24.4 Å². The van der Waals surface area contributed by atoms with E-state index in [0.29, 0.717) is 22.8 Å². The molecule has 0 radical (unpaired) electrons. The van der Waals surface area contributed by atoms with Crippen LogP contribution in [0.1, 0.15) is 5.69 Å². The zero-order valence-corrected chi connectivity index (χ0v) is 17.7. The van der Waals surface area contributed by atoms with Crippen molar-refractivity contribution in [3.05, 3.63) is 95.2 Å². The molecule has 0 atom stereocenters. The standard InChI is InChI=1S/C24H20FN5O3/c1-33-20-8-4-17(5-9-20)22-11-24(32)30(15-29-22)13-23(31)26-12-19-10-21(28-14-27-19)16-2-6-18(25)7-3-16/h2-11,14-15H,12-13H2,1H3,(H,26,31). The van der Waals surface area contributed by atoms with Crippen molar-refractivity contribution < 1.29 is 13.9 Å². The van der Waals surface area contributed by atoms with E-state index in [-0.39, 0.29) is 30.4 Å². The molecule has 0 unspecified atom stereocenters. The molecule has 0 saturated heterocycles. The van der Waals surface area contributed by atoms with Crippen molar-refractivity contribution in [3.63, 3.8) is 0 Å². The van der Waals surface area contributed by atoms with Crippen LogP contribution in [0.4, 0.5) is 4.39 Å². The monoisotopic (exact) mass is 445 g/mol. The number of nitrogens with one attached hydrogen (secondary N) is 1. The summed E-state index contributed by atoms with van der Waals surface area (Å²) in [4.78, 5) is 37.4. The first kappa shape index (κ1) is 21.8. The van der Waals surface area contributed by atoms with Gasteiger partial charge in [0.2, 0.25) is 5.91 Å². The summed E-state index contributed by atoms with van der Waals surface area (Å²) in [5, 5.41) is 2.73. The highest BCUT2D eigenvalue weighted by molar-refractivity contribution is 5.75. The van der Waals surface area contributed by atoms with Gasteiger partial charge in [-0.15, -0.1) is 0 Å². The Balaban J connectivity index is 1.38. The van der Waals surface area contributed by atoms with Crippen molar-refractivity contribution >= 4 is 5.91 Å². The second-order valence-electron chi connectivity index (χ2n) is 7.15. The molecule has 0 spiro atoms. The lowest BCUT2D eigenvalue weighted by molar-refractivity contribution is -0.121. The van der Waals surface area contributed by atoms with Gasteiger partial charge < -0.3 is 10.1 Å². The molecule has 9 heteroatoms. The zero-order chi connectivity index (χ0) is 23.2. The van der Waals surface area contributed by atoms with Crippen LogP contribution in [0.15, 0.2) is 78.1 Å². The third kappa shape index (κ3) is 5.45. The van der Waals surface area contributed by atoms with Gasteiger partial charge in [-0.3, -0.25) is 14.2 Å². The molecular weight excluding hydrogens is 425 g/mol. The maximum absolute atomic E-state index is 13.1. The van der Waals surface area contributed by atoms with E-state index in [0.717, 1.165) is 11.1 Å². The number of carbonyl (C=O) groups is 1. The van der Waals surface area contributed by atoms with E-state index in [2.05, 4.69) is 20.3 Å². The molecule has 166 valence electrons. The number of carbonyl (C=O) groups excluding carboxylic acids is 1. The number of halogens is 1. The van der Waals surface area contributed by atoms with E-state index in [9.17, 15) is 14.0 Å². The Morgan fingerprint density at radius 3 is 2.30 bits per heavy atom. The van der Waals surface area contributed by atoms with E-state index >= 15 is 0 Å². The first-order valence-electron chi connectivity index (χ1n) is 10.1. The number of nitrogens with zero attached hydrogens (tertiary/aromatic N) is 4. The Hall–Kier alpha value is -4.40. The lowest BCUT2D eigenvalue weighted by atomic mass is 10.1. The average molecular weight is 445 g/mol. The maximum Gasteiger partial charge on any atom is 0.254 e. The predicted octanol–water partition coefficient (Wildman–Crippen LogP) is 2.83. The third-order valence-corrected chi connectivity index (χ3v) is 4.91. The predicted molar refractivity (Wildman–Crippen MR) is 120 cm³/mol. The maximum atomic E-state index is 13.1. The van der Waals surface area contributed by atoms with E-state index in [1.165, 1.54) is 35.4 Å². The number of ether oxygens (including phenoxy) is 1. The molecular formula is C24H20FN5O3. The minimum atomic E-state index is -0.363. The van der Waals surface area contributed by atoms with Crippen LogP contribution in [-0.2, 0) is 17.9 Å². The quantitative estimate of drug-likeness (QED) is 0.470. The fourth-order valence-corrected chi connectivity index (χ4v) is 3.14. The Morgan fingerprint density at radius 1 is 0.970 bits per heavy atom. The van der Waals surface area contributed by atoms with Crippen LogP contribution in [0.3, 0.4) is 0 Å². The van der Waals surface area contributed by atoms with Gasteiger partial charge in [-0.05, 0) is 54.6 Å². The summed E-state index contributed by atoms with van der Waals surface area (Å²) in [6, 6.07) is 16.2. The Morgan fingerprint density at radius 2 is 1.64 bits per heavy atom. The first-order chi connectivity index (χ1) is 16.0. The van der Waals surface area contributed by atoms with Crippen LogP contribution < -0.4 is 15.6 Å². The van der Waals surface area contributed by atoms with Crippen molar-refractivity contribution in [1.82, 2.24) is 24.8 Å². The van der Waals surface area contributed by atoms with E-state index < -0.39 is 0 Å². The number of rotatable bonds is 7. The van der Waals surface area contributed by atoms with Gasteiger partial charge in [0.25, 0.3) is 5.56 Å². The molecule has 33 heavy (non-hydrogen) atoms. The normalized spacial score (nSPS) is 10.6. The molecule has 1 amide bonds. The Bertz CT molecular complexity index is 1320. The minimum Gasteiger partial charge on any atom is -0.497 e. The molecule has 0 aliphatic carbocycles. The van der Waals surface area contributed by atoms with Gasteiger partial charge in [0, 0.05) is 17.2 Å². The van der Waals surface area contributed by atoms with Crippen LogP contribution in [0, 0.1) is 5.82 Å². The average Bonchev–Trinajstić information content (AvgIpc) is 2.85. The molecule has 2 heterocycles. The molecule has 1 N–H and O–H groups in total. The van der Waals surface area contributed by atoms with Crippen LogP contribution in [0.25, 0.3) is 22.5 Å². The Kier molecular flexibility index (Phi) is 6.49.